The van der Waals surface area contributed by atoms with Crippen molar-refractivity contribution in [3.63, 3.8) is 0 Å². The maximum atomic E-state index is 13.1. The van der Waals surface area contributed by atoms with Crippen molar-refractivity contribution in [2.75, 3.05) is 26.8 Å². The predicted molar refractivity (Wildman–Crippen MR) is 130 cm³/mol. The lowest BCUT2D eigenvalue weighted by Gasteiger charge is -2.33. The van der Waals surface area contributed by atoms with Gasteiger partial charge in [0.05, 0.1) is 6.54 Å². The fourth-order valence-electron chi connectivity index (χ4n) is 5.09. The number of ether oxygens (including phenoxy) is 2. The van der Waals surface area contributed by atoms with Gasteiger partial charge in [-0.05, 0) is 35.1 Å². The third-order valence-electron chi connectivity index (χ3n) is 6.91. The van der Waals surface area contributed by atoms with E-state index in [0.29, 0.717) is 13.0 Å². The number of carbonyl (C=O) groups is 3. The third-order valence-corrected chi connectivity index (χ3v) is 6.91. The van der Waals surface area contributed by atoms with Crippen LogP contribution in [0.15, 0.2) is 48.5 Å². The summed E-state index contributed by atoms with van der Waals surface area (Å²) in [5.41, 5.74) is 4.51. The zero-order valence-electron chi connectivity index (χ0n) is 19.9. The summed E-state index contributed by atoms with van der Waals surface area (Å²) in [5.74, 6) is -1.51. The Morgan fingerprint density at radius 2 is 1.63 bits per heavy atom. The summed E-state index contributed by atoms with van der Waals surface area (Å²) in [6, 6.07) is 15.3. The highest BCUT2D eigenvalue weighted by molar-refractivity contribution is 5.87. The molecule has 1 aliphatic carbocycles. The van der Waals surface area contributed by atoms with Gasteiger partial charge >= 0.3 is 12.1 Å². The number of hydrogen-bond donors (Lipinski definition) is 2. The standard InChI is InChI=1S/C27H32N2O6/c1-34-24(25(30)29-15-9-3-2-4-14-23(29)26(31)32)16-28-27(33)35-17-22-20-12-7-5-10-18(20)19-11-6-8-13-21(19)22/h5-8,10-13,22-24H,2-4,9,14-17H2,1H3,(H,28,33)(H,31,32). The number of carboxylic acid groups (broad SMARTS) is 1. The first-order valence-electron chi connectivity index (χ1n) is 12.2. The second kappa shape index (κ2) is 11.4. The number of benzene rings is 2. The third kappa shape index (κ3) is 5.48. The second-order valence-corrected chi connectivity index (χ2v) is 9.02. The Kier molecular flexibility index (Phi) is 8.02. The van der Waals surface area contributed by atoms with Crippen LogP contribution in [0.4, 0.5) is 4.79 Å². The van der Waals surface area contributed by atoms with Gasteiger partial charge in [0.2, 0.25) is 0 Å². The molecule has 2 atom stereocenters. The van der Waals surface area contributed by atoms with Crippen molar-refractivity contribution in [3.05, 3.63) is 59.7 Å². The molecule has 1 heterocycles. The van der Waals surface area contributed by atoms with E-state index in [1.165, 1.54) is 12.0 Å². The summed E-state index contributed by atoms with van der Waals surface area (Å²) in [4.78, 5) is 38.8. The molecule has 2 aromatic rings. The first-order chi connectivity index (χ1) is 17.0. The molecule has 8 nitrogen and oxygen atoms in total. The van der Waals surface area contributed by atoms with E-state index in [2.05, 4.69) is 17.4 Å². The molecule has 0 radical (unpaired) electrons. The highest BCUT2D eigenvalue weighted by atomic mass is 16.5. The molecule has 2 unspecified atom stereocenters. The Balaban J connectivity index is 1.35. The van der Waals surface area contributed by atoms with Crippen molar-refractivity contribution < 1.29 is 29.0 Å². The van der Waals surface area contributed by atoms with E-state index in [1.54, 1.807) is 0 Å². The van der Waals surface area contributed by atoms with Crippen LogP contribution in [-0.4, -0.2) is 66.9 Å². The van der Waals surface area contributed by atoms with Gasteiger partial charge in [0, 0.05) is 19.6 Å². The number of carboxylic acids is 1. The number of alkyl carbamates (subject to hydrolysis) is 1. The van der Waals surface area contributed by atoms with E-state index in [0.717, 1.165) is 47.9 Å². The largest absolute Gasteiger partial charge is 0.480 e. The number of carbonyl (C=O) groups excluding carboxylic acids is 2. The van der Waals surface area contributed by atoms with Gasteiger partial charge in [-0.2, -0.15) is 0 Å². The molecule has 186 valence electrons. The van der Waals surface area contributed by atoms with Gasteiger partial charge in [-0.25, -0.2) is 9.59 Å². The number of rotatable bonds is 7. The van der Waals surface area contributed by atoms with E-state index >= 15 is 0 Å². The van der Waals surface area contributed by atoms with Crippen molar-refractivity contribution >= 4 is 18.0 Å². The Morgan fingerprint density at radius 3 is 2.26 bits per heavy atom. The van der Waals surface area contributed by atoms with Crippen molar-refractivity contribution in [2.45, 2.75) is 50.2 Å². The van der Waals surface area contributed by atoms with Crippen LogP contribution in [0, 0.1) is 0 Å². The fourth-order valence-corrected chi connectivity index (χ4v) is 5.09. The highest BCUT2D eigenvalue weighted by Crippen LogP contribution is 2.44. The van der Waals surface area contributed by atoms with Gasteiger partial charge in [0.1, 0.15) is 12.6 Å². The molecule has 2 aliphatic rings. The monoisotopic (exact) mass is 480 g/mol. The molecule has 0 bridgehead atoms. The topological polar surface area (TPSA) is 105 Å². The number of aliphatic carboxylic acids is 1. The molecule has 2 amide bonds. The number of fused-ring (bicyclic) bond motifs is 3. The highest BCUT2D eigenvalue weighted by Gasteiger charge is 2.34. The molecule has 2 aromatic carbocycles. The van der Waals surface area contributed by atoms with E-state index in [-0.39, 0.29) is 19.1 Å². The number of amides is 2. The Labute approximate surface area is 205 Å². The molecule has 2 N–H and O–H groups in total. The molecule has 8 heteroatoms. The van der Waals surface area contributed by atoms with E-state index < -0.39 is 30.1 Å². The van der Waals surface area contributed by atoms with Gasteiger partial charge in [0.25, 0.3) is 5.91 Å². The molecule has 1 saturated heterocycles. The summed E-state index contributed by atoms with van der Waals surface area (Å²) in [5, 5.41) is 12.3. The minimum Gasteiger partial charge on any atom is -0.480 e. The van der Waals surface area contributed by atoms with Crippen LogP contribution in [0.1, 0.15) is 49.1 Å². The van der Waals surface area contributed by atoms with Crippen LogP contribution < -0.4 is 5.32 Å². The Hall–Kier alpha value is -3.39. The van der Waals surface area contributed by atoms with Crippen LogP contribution in [-0.2, 0) is 19.1 Å². The second-order valence-electron chi connectivity index (χ2n) is 9.02. The lowest BCUT2D eigenvalue weighted by atomic mass is 9.98. The first-order valence-corrected chi connectivity index (χ1v) is 12.2. The Morgan fingerprint density at radius 1 is 1.00 bits per heavy atom. The SMILES string of the molecule is COC(CNC(=O)OCC1c2ccccc2-c2ccccc21)C(=O)N1CCCCCCC1C(=O)O. The minimum atomic E-state index is -1.01. The van der Waals surface area contributed by atoms with Crippen molar-refractivity contribution in [1.29, 1.82) is 0 Å². The molecule has 35 heavy (non-hydrogen) atoms. The number of likely N-dealkylation sites (tertiary alicyclic amines) is 1. The molecule has 1 aliphatic heterocycles. The quantitative estimate of drug-likeness (QED) is 0.625. The lowest BCUT2D eigenvalue weighted by Crippen LogP contribution is -2.53. The number of nitrogens with zero attached hydrogens (tertiary/aromatic N) is 1. The van der Waals surface area contributed by atoms with Crippen molar-refractivity contribution in [3.8, 4) is 11.1 Å². The van der Waals surface area contributed by atoms with E-state index in [9.17, 15) is 19.5 Å². The number of nitrogens with one attached hydrogen (secondary N) is 1. The van der Waals surface area contributed by atoms with E-state index in [1.807, 2.05) is 36.4 Å². The van der Waals surface area contributed by atoms with Crippen molar-refractivity contribution in [1.82, 2.24) is 10.2 Å². The predicted octanol–water partition coefficient (Wildman–Crippen LogP) is 3.79. The van der Waals surface area contributed by atoms with Crippen molar-refractivity contribution in [2.24, 2.45) is 0 Å². The van der Waals surface area contributed by atoms with E-state index in [4.69, 9.17) is 9.47 Å². The van der Waals surface area contributed by atoms with Gasteiger partial charge in [-0.3, -0.25) is 4.79 Å². The maximum Gasteiger partial charge on any atom is 0.407 e. The zero-order valence-corrected chi connectivity index (χ0v) is 19.9. The van der Waals surface area contributed by atoms with Crippen LogP contribution in [0.2, 0.25) is 0 Å². The molecule has 0 saturated carbocycles. The van der Waals surface area contributed by atoms with Gasteiger partial charge in [-0.15, -0.1) is 0 Å². The van der Waals surface area contributed by atoms with Crippen LogP contribution in [0.25, 0.3) is 11.1 Å². The lowest BCUT2D eigenvalue weighted by molar-refractivity contribution is -0.155. The zero-order chi connectivity index (χ0) is 24.8. The summed E-state index contributed by atoms with van der Waals surface area (Å²) in [6.45, 7) is 0.425. The molecular formula is C27H32N2O6. The molecule has 4 rings (SSSR count). The smallest absolute Gasteiger partial charge is 0.407 e. The van der Waals surface area contributed by atoms with Gasteiger partial charge < -0.3 is 24.8 Å². The fraction of sp³-hybridized carbons (Fsp3) is 0.444. The average Bonchev–Trinajstić information content (AvgIpc) is 3.16. The summed E-state index contributed by atoms with van der Waals surface area (Å²) >= 11 is 0. The summed E-state index contributed by atoms with van der Waals surface area (Å²) < 4.78 is 10.9. The van der Waals surface area contributed by atoms with Crippen LogP contribution in [0.3, 0.4) is 0 Å². The maximum absolute atomic E-state index is 13.1. The average molecular weight is 481 g/mol. The molecule has 0 aromatic heterocycles. The number of methoxy groups -OCH3 is 1. The first kappa shape index (κ1) is 24.7. The van der Waals surface area contributed by atoms with Gasteiger partial charge in [0.15, 0.2) is 6.10 Å². The Bertz CT molecular complexity index is 1030. The van der Waals surface area contributed by atoms with Crippen LogP contribution in [0.5, 0.6) is 0 Å². The van der Waals surface area contributed by atoms with Crippen LogP contribution >= 0.6 is 0 Å². The number of hydrogen-bond acceptors (Lipinski definition) is 5. The minimum absolute atomic E-state index is 0.0645. The summed E-state index contributed by atoms with van der Waals surface area (Å²) in [7, 11) is 1.38. The summed E-state index contributed by atoms with van der Waals surface area (Å²) in [6.07, 6.45) is 2.19. The molecular weight excluding hydrogens is 448 g/mol. The molecule has 0 spiro atoms. The van der Waals surface area contributed by atoms with Gasteiger partial charge in [-0.1, -0.05) is 67.8 Å². The normalized spacial score (nSPS) is 18.5. The molecule has 1 fully saturated rings.